The first-order chi connectivity index (χ1) is 8.95. The van der Waals surface area contributed by atoms with Crippen molar-refractivity contribution in [1.82, 2.24) is 9.78 Å². The second-order valence-electron chi connectivity index (χ2n) is 4.75. The molecule has 0 saturated carbocycles. The summed E-state index contributed by atoms with van der Waals surface area (Å²) in [5.74, 6) is 0.0157. The number of anilines is 1. The van der Waals surface area contributed by atoms with Crippen LogP contribution in [0.15, 0.2) is 34.9 Å². The standard InChI is InChI=1S/C14H16BrN3O/c1-9(2)18-4-3-13(17-18)8-14(19)10-5-11(15)7-12(16)6-10/h3-7,9H,8,16H2,1-2H3. The fourth-order valence-electron chi connectivity index (χ4n) is 1.80. The topological polar surface area (TPSA) is 60.9 Å². The molecule has 0 bridgehead atoms. The Morgan fingerprint density at radius 3 is 2.74 bits per heavy atom. The average molecular weight is 322 g/mol. The van der Waals surface area contributed by atoms with Gasteiger partial charge in [0.25, 0.3) is 0 Å². The Morgan fingerprint density at radius 2 is 2.16 bits per heavy atom. The molecule has 5 heteroatoms. The number of carbonyl (C=O) groups excluding carboxylic acids is 1. The van der Waals surface area contributed by atoms with Crippen molar-refractivity contribution in [2.75, 3.05) is 5.73 Å². The van der Waals surface area contributed by atoms with Gasteiger partial charge >= 0.3 is 0 Å². The van der Waals surface area contributed by atoms with Gasteiger partial charge in [0.05, 0.1) is 12.1 Å². The molecule has 2 N–H and O–H groups in total. The lowest BCUT2D eigenvalue weighted by Gasteiger charge is -2.04. The summed E-state index contributed by atoms with van der Waals surface area (Å²) in [4.78, 5) is 12.2. The van der Waals surface area contributed by atoms with Crippen LogP contribution in [0.5, 0.6) is 0 Å². The van der Waals surface area contributed by atoms with Gasteiger partial charge in [0.15, 0.2) is 5.78 Å². The van der Waals surface area contributed by atoms with Crippen LogP contribution in [0.4, 0.5) is 5.69 Å². The van der Waals surface area contributed by atoms with Crippen molar-refractivity contribution in [1.29, 1.82) is 0 Å². The molecule has 0 aliphatic carbocycles. The number of nitrogen functional groups attached to an aromatic ring is 1. The van der Waals surface area contributed by atoms with Crippen LogP contribution in [0, 0.1) is 0 Å². The van der Waals surface area contributed by atoms with Gasteiger partial charge in [-0.2, -0.15) is 5.10 Å². The lowest BCUT2D eigenvalue weighted by Crippen LogP contribution is -2.07. The highest BCUT2D eigenvalue weighted by atomic mass is 79.9. The first-order valence-corrected chi connectivity index (χ1v) is 6.88. The summed E-state index contributed by atoms with van der Waals surface area (Å²) in [6.45, 7) is 4.10. The van der Waals surface area contributed by atoms with Crippen LogP contribution in [0.3, 0.4) is 0 Å². The van der Waals surface area contributed by atoms with E-state index in [1.54, 1.807) is 18.2 Å². The molecule has 19 heavy (non-hydrogen) atoms. The van der Waals surface area contributed by atoms with E-state index >= 15 is 0 Å². The van der Waals surface area contributed by atoms with E-state index in [2.05, 4.69) is 21.0 Å². The summed E-state index contributed by atoms with van der Waals surface area (Å²) >= 11 is 3.34. The van der Waals surface area contributed by atoms with E-state index in [4.69, 9.17) is 5.73 Å². The van der Waals surface area contributed by atoms with Crippen molar-refractivity contribution in [3.63, 3.8) is 0 Å². The number of nitrogens with zero attached hydrogens (tertiary/aromatic N) is 2. The Hall–Kier alpha value is -1.62. The molecule has 4 nitrogen and oxygen atoms in total. The quantitative estimate of drug-likeness (QED) is 0.694. The van der Waals surface area contributed by atoms with Crippen molar-refractivity contribution in [3.8, 4) is 0 Å². The molecule has 1 aromatic heterocycles. The minimum atomic E-state index is 0.0157. The van der Waals surface area contributed by atoms with Gasteiger partial charge in [-0.3, -0.25) is 9.48 Å². The van der Waals surface area contributed by atoms with Crippen molar-refractivity contribution < 1.29 is 4.79 Å². The zero-order chi connectivity index (χ0) is 14.0. The van der Waals surface area contributed by atoms with Gasteiger partial charge < -0.3 is 5.73 Å². The average Bonchev–Trinajstić information content (AvgIpc) is 2.76. The lowest BCUT2D eigenvalue weighted by molar-refractivity contribution is 0.0991. The van der Waals surface area contributed by atoms with Crippen molar-refractivity contribution in [2.24, 2.45) is 0 Å². The number of rotatable bonds is 4. The fourth-order valence-corrected chi connectivity index (χ4v) is 2.31. The molecule has 0 spiro atoms. The van der Waals surface area contributed by atoms with E-state index < -0.39 is 0 Å². The highest BCUT2D eigenvalue weighted by Gasteiger charge is 2.11. The normalized spacial score (nSPS) is 10.9. The van der Waals surface area contributed by atoms with E-state index in [0.717, 1.165) is 10.2 Å². The van der Waals surface area contributed by atoms with Gasteiger partial charge in [0, 0.05) is 28.0 Å². The summed E-state index contributed by atoms with van der Waals surface area (Å²) in [7, 11) is 0. The number of carbonyl (C=O) groups is 1. The third-order valence-corrected chi connectivity index (χ3v) is 3.23. The number of halogens is 1. The first kappa shape index (κ1) is 13.8. The highest BCUT2D eigenvalue weighted by molar-refractivity contribution is 9.10. The molecular formula is C14H16BrN3O. The summed E-state index contributed by atoms with van der Waals surface area (Å²) in [5.41, 5.74) is 7.68. The molecule has 2 rings (SSSR count). The molecule has 1 aromatic carbocycles. The zero-order valence-electron chi connectivity index (χ0n) is 10.9. The van der Waals surface area contributed by atoms with Crippen LogP contribution in [0.1, 0.15) is 35.9 Å². The molecule has 0 saturated heterocycles. The Kier molecular flexibility index (Phi) is 4.04. The molecule has 100 valence electrons. The lowest BCUT2D eigenvalue weighted by atomic mass is 10.1. The second kappa shape index (κ2) is 5.57. The van der Waals surface area contributed by atoms with E-state index in [9.17, 15) is 4.79 Å². The number of hydrogen-bond acceptors (Lipinski definition) is 3. The molecule has 0 unspecified atom stereocenters. The third-order valence-electron chi connectivity index (χ3n) is 2.78. The molecule has 0 radical (unpaired) electrons. The highest BCUT2D eigenvalue weighted by Crippen LogP contribution is 2.18. The maximum atomic E-state index is 12.2. The first-order valence-electron chi connectivity index (χ1n) is 6.09. The smallest absolute Gasteiger partial charge is 0.168 e. The number of ketones is 1. The number of hydrogen-bond donors (Lipinski definition) is 1. The van der Waals surface area contributed by atoms with Crippen LogP contribution in [-0.2, 0) is 6.42 Å². The van der Waals surface area contributed by atoms with Crippen LogP contribution >= 0.6 is 15.9 Å². The SMILES string of the molecule is CC(C)n1ccc(CC(=O)c2cc(N)cc(Br)c2)n1. The predicted molar refractivity (Wildman–Crippen MR) is 79.2 cm³/mol. The number of nitrogens with two attached hydrogens (primary N) is 1. The Bertz CT molecular complexity index is 584. The zero-order valence-corrected chi connectivity index (χ0v) is 12.5. The van der Waals surface area contributed by atoms with Crippen LogP contribution in [0.25, 0.3) is 0 Å². The summed E-state index contributed by atoms with van der Waals surface area (Å²) in [6.07, 6.45) is 2.18. The van der Waals surface area contributed by atoms with Gasteiger partial charge in [-0.15, -0.1) is 0 Å². The fraction of sp³-hybridized carbons (Fsp3) is 0.286. The predicted octanol–water partition coefficient (Wildman–Crippen LogP) is 3.23. The molecule has 2 aromatic rings. The monoisotopic (exact) mass is 321 g/mol. The summed E-state index contributed by atoms with van der Waals surface area (Å²) in [6, 6.07) is 7.40. The van der Waals surface area contributed by atoms with E-state index in [0.29, 0.717) is 17.3 Å². The Labute approximate surface area is 120 Å². The molecule has 0 atom stereocenters. The van der Waals surface area contributed by atoms with E-state index in [1.165, 1.54) is 0 Å². The minimum Gasteiger partial charge on any atom is -0.399 e. The minimum absolute atomic E-state index is 0.0157. The molecule has 1 heterocycles. The van der Waals surface area contributed by atoms with Gasteiger partial charge in [-0.05, 0) is 38.1 Å². The Morgan fingerprint density at radius 1 is 1.42 bits per heavy atom. The Balaban J connectivity index is 2.15. The number of aromatic nitrogens is 2. The maximum absolute atomic E-state index is 12.2. The van der Waals surface area contributed by atoms with Crippen LogP contribution in [-0.4, -0.2) is 15.6 Å². The van der Waals surface area contributed by atoms with Crippen LogP contribution in [0.2, 0.25) is 0 Å². The molecular weight excluding hydrogens is 306 g/mol. The largest absolute Gasteiger partial charge is 0.399 e. The van der Waals surface area contributed by atoms with Crippen LogP contribution < -0.4 is 5.73 Å². The summed E-state index contributed by atoms with van der Waals surface area (Å²) < 4.78 is 2.65. The van der Waals surface area contributed by atoms with Gasteiger partial charge in [0.2, 0.25) is 0 Å². The number of benzene rings is 1. The van der Waals surface area contributed by atoms with E-state index in [1.807, 2.05) is 30.8 Å². The van der Waals surface area contributed by atoms with Crippen molar-refractivity contribution >= 4 is 27.4 Å². The van der Waals surface area contributed by atoms with Gasteiger partial charge in [0.1, 0.15) is 0 Å². The van der Waals surface area contributed by atoms with Crippen molar-refractivity contribution in [2.45, 2.75) is 26.3 Å². The van der Waals surface area contributed by atoms with Gasteiger partial charge in [-0.25, -0.2) is 0 Å². The molecule has 0 aliphatic heterocycles. The maximum Gasteiger partial charge on any atom is 0.168 e. The van der Waals surface area contributed by atoms with Crippen molar-refractivity contribution in [3.05, 3.63) is 46.2 Å². The molecule has 0 aliphatic rings. The molecule has 0 fully saturated rings. The molecule has 0 amide bonds. The number of Topliss-reactive ketones (excluding diaryl/α,β-unsaturated/α-hetero) is 1. The van der Waals surface area contributed by atoms with Gasteiger partial charge in [-0.1, -0.05) is 15.9 Å². The van der Waals surface area contributed by atoms with E-state index in [-0.39, 0.29) is 12.2 Å². The third kappa shape index (κ3) is 3.44. The second-order valence-corrected chi connectivity index (χ2v) is 5.67. The summed E-state index contributed by atoms with van der Waals surface area (Å²) in [5, 5.41) is 4.37.